The zero-order valence-corrected chi connectivity index (χ0v) is 19.9. The number of nitrogens with zero attached hydrogens (tertiary/aromatic N) is 1. The van der Waals surface area contributed by atoms with E-state index in [0.717, 1.165) is 21.8 Å². The van der Waals surface area contributed by atoms with Crippen molar-refractivity contribution >= 4 is 46.6 Å². The number of anilines is 1. The van der Waals surface area contributed by atoms with Crippen molar-refractivity contribution in [2.45, 2.75) is 23.1 Å². The van der Waals surface area contributed by atoms with E-state index in [1.54, 1.807) is 32.2 Å². The summed E-state index contributed by atoms with van der Waals surface area (Å²) in [5, 5.41) is -0.0993. The van der Waals surface area contributed by atoms with Gasteiger partial charge >= 0.3 is 10.8 Å². The van der Waals surface area contributed by atoms with Gasteiger partial charge in [-0.2, -0.15) is 0 Å². The number of carbonyl (C=O) groups excluding carboxylic acids is 3. The molecule has 0 radical (unpaired) electrons. The third-order valence-electron chi connectivity index (χ3n) is 5.93. The lowest BCUT2D eigenvalue weighted by Crippen LogP contribution is -2.32. The Morgan fingerprint density at radius 1 is 1.06 bits per heavy atom. The minimum atomic E-state index is -0.711. The number of hydrogen-bond donors (Lipinski definition) is 1. The largest absolute Gasteiger partial charge is 0.496 e. The first-order chi connectivity index (χ1) is 16.4. The van der Waals surface area contributed by atoms with Gasteiger partial charge in [0, 0.05) is 16.4 Å². The number of esters is 1. The van der Waals surface area contributed by atoms with Crippen LogP contribution in [0.15, 0.2) is 58.4 Å². The van der Waals surface area contributed by atoms with Gasteiger partial charge in [-0.3, -0.25) is 14.4 Å². The van der Waals surface area contributed by atoms with Crippen LogP contribution in [-0.4, -0.2) is 41.7 Å². The van der Waals surface area contributed by atoms with Crippen LogP contribution in [0, 0.1) is 5.92 Å². The molecule has 2 aliphatic rings. The number of hydrogen-bond acceptors (Lipinski definition) is 8. The fourth-order valence-electron chi connectivity index (χ4n) is 4.49. The third kappa shape index (κ3) is 3.54. The monoisotopic (exact) mass is 496 g/mol. The van der Waals surface area contributed by atoms with Crippen LogP contribution in [0.3, 0.4) is 0 Å². The lowest BCUT2D eigenvalue weighted by Gasteiger charge is -2.30. The highest BCUT2D eigenvalue weighted by Crippen LogP contribution is 2.54. The number of aromatic nitrogens is 1. The highest BCUT2D eigenvalue weighted by atomic mass is 32.2. The molecule has 1 N–H and O–H groups in total. The molecule has 10 heteroatoms. The maximum absolute atomic E-state index is 13.7. The summed E-state index contributed by atoms with van der Waals surface area (Å²) in [5.74, 6) is -1.82. The van der Waals surface area contributed by atoms with Crippen LogP contribution in [0.2, 0.25) is 0 Å². The second-order valence-corrected chi connectivity index (χ2v) is 9.94. The summed E-state index contributed by atoms with van der Waals surface area (Å²) in [6.45, 7) is 1.97. The average Bonchev–Trinajstić information content (AvgIpc) is 3.33. The van der Waals surface area contributed by atoms with Crippen molar-refractivity contribution in [3.63, 3.8) is 0 Å². The van der Waals surface area contributed by atoms with E-state index in [1.165, 1.54) is 28.8 Å². The fraction of sp³-hybridized carbons (Fsp3) is 0.250. The number of thiazole rings is 1. The van der Waals surface area contributed by atoms with Crippen molar-refractivity contribution in [2.24, 2.45) is 5.92 Å². The summed E-state index contributed by atoms with van der Waals surface area (Å²) in [5.41, 5.74) is 1.47. The number of aromatic amines is 1. The summed E-state index contributed by atoms with van der Waals surface area (Å²) < 4.78 is 10.6. The molecular formula is C24H20N2O6S2. The van der Waals surface area contributed by atoms with Gasteiger partial charge in [-0.25, -0.2) is 9.69 Å². The quantitative estimate of drug-likeness (QED) is 0.426. The minimum absolute atomic E-state index is 0.233. The van der Waals surface area contributed by atoms with Crippen LogP contribution in [0.25, 0.3) is 0 Å². The Bertz CT molecular complexity index is 1350. The van der Waals surface area contributed by atoms with Crippen molar-refractivity contribution in [2.75, 3.05) is 18.6 Å². The third-order valence-corrected chi connectivity index (χ3v) is 8.34. The van der Waals surface area contributed by atoms with E-state index in [9.17, 15) is 19.2 Å². The molecular weight excluding hydrogens is 476 g/mol. The molecule has 0 bridgehead atoms. The number of methoxy groups -OCH3 is 1. The molecule has 2 amide bonds. The highest BCUT2D eigenvalue weighted by Gasteiger charge is 2.56. The summed E-state index contributed by atoms with van der Waals surface area (Å²) in [7, 11) is 1.55. The molecule has 2 aromatic carbocycles. The molecule has 0 saturated carbocycles. The molecule has 3 aromatic rings. The van der Waals surface area contributed by atoms with Crippen LogP contribution < -0.4 is 14.5 Å². The van der Waals surface area contributed by atoms with E-state index in [2.05, 4.69) is 4.98 Å². The molecule has 3 atom stereocenters. The number of ether oxygens (including phenoxy) is 2. The first-order valence-electron chi connectivity index (χ1n) is 10.6. The molecule has 34 heavy (non-hydrogen) atoms. The lowest BCUT2D eigenvalue weighted by atomic mass is 9.82. The molecule has 3 heterocycles. The predicted octanol–water partition coefficient (Wildman–Crippen LogP) is 3.42. The molecule has 174 valence electrons. The SMILES string of the molecule is CCOC(=O)c1ccc(N2C(=O)C3Sc4[nH]c(=O)sc4C(c4ccccc4OC)C3C2=O)cc1. The number of amides is 2. The lowest BCUT2D eigenvalue weighted by molar-refractivity contribution is -0.122. The number of H-pyrrole nitrogens is 1. The second kappa shape index (κ2) is 8.77. The maximum Gasteiger partial charge on any atom is 0.338 e. The molecule has 3 unspecified atom stereocenters. The van der Waals surface area contributed by atoms with Gasteiger partial charge in [0.25, 0.3) is 0 Å². The van der Waals surface area contributed by atoms with Crippen molar-refractivity contribution in [3.8, 4) is 5.75 Å². The molecule has 5 rings (SSSR count). The van der Waals surface area contributed by atoms with E-state index >= 15 is 0 Å². The summed E-state index contributed by atoms with van der Waals surface area (Å²) >= 11 is 2.26. The number of para-hydroxylation sites is 1. The molecule has 1 fully saturated rings. The fourth-order valence-corrected chi connectivity index (χ4v) is 7.00. The number of imide groups is 1. The predicted molar refractivity (Wildman–Crippen MR) is 128 cm³/mol. The summed E-state index contributed by atoms with van der Waals surface area (Å²) in [6, 6.07) is 13.5. The maximum atomic E-state index is 13.7. The van der Waals surface area contributed by atoms with Crippen LogP contribution in [0.5, 0.6) is 5.75 Å². The van der Waals surface area contributed by atoms with Gasteiger partial charge in [0.05, 0.1) is 35.9 Å². The van der Waals surface area contributed by atoms with Gasteiger partial charge < -0.3 is 14.5 Å². The smallest absolute Gasteiger partial charge is 0.338 e. The highest BCUT2D eigenvalue weighted by molar-refractivity contribution is 8.00. The number of thioether (sulfide) groups is 1. The Morgan fingerprint density at radius 3 is 2.50 bits per heavy atom. The van der Waals surface area contributed by atoms with Crippen molar-refractivity contribution in [1.29, 1.82) is 0 Å². The molecule has 1 aromatic heterocycles. The topological polar surface area (TPSA) is 106 Å². The van der Waals surface area contributed by atoms with Gasteiger partial charge in [-0.1, -0.05) is 41.3 Å². The van der Waals surface area contributed by atoms with E-state index in [0.29, 0.717) is 22.0 Å². The van der Waals surface area contributed by atoms with E-state index in [-0.39, 0.29) is 23.3 Å². The Kier molecular flexibility index (Phi) is 5.78. The number of fused-ring (bicyclic) bond motifs is 2. The van der Waals surface area contributed by atoms with Gasteiger partial charge in [0.1, 0.15) is 11.0 Å². The first kappa shape index (κ1) is 22.4. The summed E-state index contributed by atoms with van der Waals surface area (Å²) in [6.07, 6.45) is 0. The van der Waals surface area contributed by atoms with Gasteiger partial charge in [-0.15, -0.1) is 0 Å². The van der Waals surface area contributed by atoms with Crippen molar-refractivity contribution < 1.29 is 23.9 Å². The standard InChI is InChI=1S/C24H20N2O6S2/c1-3-32-23(29)12-8-10-13(11-9-12)26-21(27)17-16(14-6-4-5-7-15(14)31-2)18-20(25-24(30)34-18)33-19(17)22(26)28/h4-11,16-17,19H,3H2,1-2H3,(H,25,30). The summed E-state index contributed by atoms with van der Waals surface area (Å²) in [4.78, 5) is 55.9. The zero-order chi connectivity index (χ0) is 24.0. The van der Waals surface area contributed by atoms with Crippen molar-refractivity contribution in [3.05, 3.63) is 74.2 Å². The zero-order valence-electron chi connectivity index (χ0n) is 18.3. The van der Waals surface area contributed by atoms with Gasteiger partial charge in [-0.05, 0) is 37.3 Å². The van der Waals surface area contributed by atoms with Crippen LogP contribution in [0.4, 0.5) is 5.69 Å². The molecule has 0 spiro atoms. The minimum Gasteiger partial charge on any atom is -0.496 e. The number of benzene rings is 2. The molecule has 1 saturated heterocycles. The Balaban J connectivity index is 1.57. The Hall–Kier alpha value is -3.37. The van der Waals surface area contributed by atoms with Crippen LogP contribution in [0.1, 0.15) is 33.6 Å². The number of rotatable bonds is 5. The Morgan fingerprint density at radius 2 is 1.79 bits per heavy atom. The van der Waals surface area contributed by atoms with Gasteiger partial charge in [0.2, 0.25) is 11.8 Å². The van der Waals surface area contributed by atoms with Gasteiger partial charge in [0.15, 0.2) is 0 Å². The molecule has 8 nitrogen and oxygen atoms in total. The van der Waals surface area contributed by atoms with E-state index < -0.39 is 23.1 Å². The van der Waals surface area contributed by atoms with Crippen LogP contribution >= 0.6 is 23.1 Å². The molecule has 0 aliphatic carbocycles. The first-order valence-corrected chi connectivity index (χ1v) is 12.3. The van der Waals surface area contributed by atoms with Crippen LogP contribution in [-0.2, 0) is 14.3 Å². The normalized spacial score (nSPS) is 21.2. The second-order valence-electron chi connectivity index (χ2n) is 7.77. The number of nitrogens with one attached hydrogen (secondary N) is 1. The average molecular weight is 497 g/mol. The molecule has 2 aliphatic heterocycles. The van der Waals surface area contributed by atoms with E-state index in [1.807, 2.05) is 18.2 Å². The van der Waals surface area contributed by atoms with Crippen molar-refractivity contribution in [1.82, 2.24) is 4.98 Å². The van der Waals surface area contributed by atoms with E-state index in [4.69, 9.17) is 9.47 Å². The number of carbonyl (C=O) groups is 3. The Labute approximate surface area is 202 Å².